The van der Waals surface area contributed by atoms with E-state index in [9.17, 15) is 5.11 Å². The normalized spacial score (nSPS) is 21.0. The van der Waals surface area contributed by atoms with Crippen molar-refractivity contribution in [3.63, 3.8) is 0 Å². The summed E-state index contributed by atoms with van der Waals surface area (Å²) < 4.78 is 1.90. The Kier molecular flexibility index (Phi) is 2.84. The van der Waals surface area contributed by atoms with Crippen molar-refractivity contribution in [2.45, 2.75) is 18.9 Å². The molecule has 0 bridgehead atoms. The zero-order valence-electron chi connectivity index (χ0n) is 8.48. The van der Waals surface area contributed by atoms with Crippen LogP contribution in [0.2, 0.25) is 0 Å². The lowest BCUT2D eigenvalue weighted by Gasteiger charge is -2.26. The molecule has 4 nitrogen and oxygen atoms in total. The quantitative estimate of drug-likeness (QED) is 0.720. The number of aryl methyl sites for hydroxylation is 1. The molecular weight excluding hydrogens is 178 g/mol. The number of piperidine rings is 1. The number of aliphatic hydroxyl groups is 1. The minimum atomic E-state index is -0.405. The zero-order chi connectivity index (χ0) is 9.97. The second-order valence-corrected chi connectivity index (χ2v) is 3.93. The van der Waals surface area contributed by atoms with Crippen LogP contribution in [-0.2, 0) is 7.05 Å². The number of hydrogen-bond acceptors (Lipinski definition) is 3. The third-order valence-corrected chi connectivity index (χ3v) is 2.95. The van der Waals surface area contributed by atoms with Crippen molar-refractivity contribution < 1.29 is 5.11 Å². The Morgan fingerprint density at radius 2 is 2.29 bits per heavy atom. The van der Waals surface area contributed by atoms with Gasteiger partial charge in [0.1, 0.15) is 11.9 Å². The first kappa shape index (κ1) is 9.68. The minimum absolute atomic E-state index is 0.359. The van der Waals surface area contributed by atoms with Crippen LogP contribution in [-0.4, -0.2) is 27.7 Å². The van der Waals surface area contributed by atoms with E-state index in [0.717, 1.165) is 31.8 Å². The van der Waals surface area contributed by atoms with Crippen molar-refractivity contribution in [3.8, 4) is 0 Å². The molecule has 2 N–H and O–H groups in total. The van der Waals surface area contributed by atoms with Gasteiger partial charge in [0.15, 0.2) is 0 Å². The van der Waals surface area contributed by atoms with Gasteiger partial charge in [-0.15, -0.1) is 0 Å². The average Bonchev–Trinajstić information content (AvgIpc) is 2.65. The summed E-state index contributed by atoms with van der Waals surface area (Å²) in [5.41, 5.74) is 0. The summed E-state index contributed by atoms with van der Waals surface area (Å²) in [5, 5.41) is 13.4. The molecule has 0 amide bonds. The van der Waals surface area contributed by atoms with Gasteiger partial charge in [-0.05, 0) is 31.8 Å². The molecule has 1 atom stereocenters. The Bertz CT molecular complexity index is 291. The molecule has 0 saturated carbocycles. The average molecular weight is 195 g/mol. The van der Waals surface area contributed by atoms with Crippen molar-refractivity contribution in [2.75, 3.05) is 13.1 Å². The molecule has 14 heavy (non-hydrogen) atoms. The molecule has 4 heteroatoms. The van der Waals surface area contributed by atoms with Gasteiger partial charge < -0.3 is 15.0 Å². The zero-order valence-corrected chi connectivity index (χ0v) is 8.48. The summed E-state index contributed by atoms with van der Waals surface area (Å²) in [5.74, 6) is 1.15. The Balaban J connectivity index is 2.07. The van der Waals surface area contributed by atoms with E-state index in [4.69, 9.17) is 0 Å². The third-order valence-electron chi connectivity index (χ3n) is 2.95. The van der Waals surface area contributed by atoms with Crippen LogP contribution in [0.15, 0.2) is 12.4 Å². The lowest BCUT2D eigenvalue weighted by molar-refractivity contribution is 0.0787. The Labute approximate surface area is 84.0 Å². The molecule has 0 spiro atoms. The van der Waals surface area contributed by atoms with Crippen molar-refractivity contribution in [1.29, 1.82) is 0 Å². The largest absolute Gasteiger partial charge is 0.385 e. The number of hydrogen-bond donors (Lipinski definition) is 2. The van der Waals surface area contributed by atoms with Crippen LogP contribution in [0, 0.1) is 5.92 Å². The van der Waals surface area contributed by atoms with Crippen molar-refractivity contribution in [3.05, 3.63) is 18.2 Å². The fourth-order valence-corrected chi connectivity index (χ4v) is 2.03. The molecule has 0 aromatic carbocycles. The van der Waals surface area contributed by atoms with E-state index in [0.29, 0.717) is 5.92 Å². The summed E-state index contributed by atoms with van der Waals surface area (Å²) in [6, 6.07) is 0. The van der Waals surface area contributed by atoms with E-state index in [1.165, 1.54) is 0 Å². The number of aliphatic hydroxyl groups excluding tert-OH is 1. The van der Waals surface area contributed by atoms with Gasteiger partial charge >= 0.3 is 0 Å². The minimum Gasteiger partial charge on any atom is -0.385 e. The van der Waals surface area contributed by atoms with E-state index in [2.05, 4.69) is 10.3 Å². The van der Waals surface area contributed by atoms with E-state index < -0.39 is 6.10 Å². The molecule has 78 valence electrons. The topological polar surface area (TPSA) is 50.1 Å². The van der Waals surface area contributed by atoms with Crippen LogP contribution in [0.5, 0.6) is 0 Å². The highest BCUT2D eigenvalue weighted by atomic mass is 16.3. The highest BCUT2D eigenvalue weighted by molar-refractivity contribution is 4.98. The van der Waals surface area contributed by atoms with E-state index >= 15 is 0 Å². The van der Waals surface area contributed by atoms with Gasteiger partial charge in [0.25, 0.3) is 0 Å². The highest BCUT2D eigenvalue weighted by Crippen LogP contribution is 2.27. The third kappa shape index (κ3) is 1.81. The second kappa shape index (κ2) is 4.11. The molecule has 2 rings (SSSR count). The summed E-state index contributed by atoms with van der Waals surface area (Å²) in [4.78, 5) is 4.18. The van der Waals surface area contributed by atoms with Gasteiger partial charge in [0, 0.05) is 19.4 Å². The van der Waals surface area contributed by atoms with Crippen LogP contribution < -0.4 is 5.32 Å². The maximum absolute atomic E-state index is 10.1. The fraction of sp³-hybridized carbons (Fsp3) is 0.700. The molecule has 1 fully saturated rings. The lowest BCUT2D eigenvalue weighted by atomic mass is 9.92. The summed E-state index contributed by atoms with van der Waals surface area (Å²) in [6.45, 7) is 2.01. The second-order valence-electron chi connectivity index (χ2n) is 3.93. The molecule has 1 aliphatic rings. The standard InChI is InChI=1S/C10H17N3O/c1-13-7-6-12-10(13)9(14)8-2-4-11-5-3-8/h6-9,11,14H,2-5H2,1H3. The van der Waals surface area contributed by atoms with E-state index in [-0.39, 0.29) is 0 Å². The van der Waals surface area contributed by atoms with Crippen LogP contribution in [0.4, 0.5) is 0 Å². The first-order valence-electron chi connectivity index (χ1n) is 5.15. The van der Waals surface area contributed by atoms with Gasteiger partial charge in [-0.3, -0.25) is 0 Å². The van der Waals surface area contributed by atoms with Crippen LogP contribution in [0.1, 0.15) is 24.8 Å². The maximum atomic E-state index is 10.1. The Hall–Kier alpha value is -0.870. The van der Waals surface area contributed by atoms with Gasteiger partial charge in [-0.1, -0.05) is 0 Å². The smallest absolute Gasteiger partial charge is 0.137 e. The molecule has 0 radical (unpaired) electrons. The van der Waals surface area contributed by atoms with Gasteiger partial charge in [0.05, 0.1) is 0 Å². The fourth-order valence-electron chi connectivity index (χ4n) is 2.03. The van der Waals surface area contributed by atoms with E-state index in [1.54, 1.807) is 6.20 Å². The van der Waals surface area contributed by atoms with Gasteiger partial charge in [-0.2, -0.15) is 0 Å². The number of rotatable bonds is 2. The van der Waals surface area contributed by atoms with Gasteiger partial charge in [0.2, 0.25) is 0 Å². The SMILES string of the molecule is Cn1ccnc1C(O)C1CCNCC1. The molecule has 1 aromatic heterocycles. The first-order valence-corrected chi connectivity index (χ1v) is 5.15. The molecule has 1 aromatic rings. The number of imidazole rings is 1. The molecule has 1 unspecified atom stereocenters. The number of nitrogens with zero attached hydrogens (tertiary/aromatic N) is 2. The molecule has 1 aliphatic heterocycles. The van der Waals surface area contributed by atoms with Gasteiger partial charge in [-0.25, -0.2) is 4.98 Å². The lowest BCUT2D eigenvalue weighted by Crippen LogP contribution is -2.31. The number of aromatic nitrogens is 2. The molecule has 0 aliphatic carbocycles. The highest BCUT2D eigenvalue weighted by Gasteiger charge is 2.25. The first-order chi connectivity index (χ1) is 6.79. The number of nitrogens with one attached hydrogen (secondary N) is 1. The summed E-state index contributed by atoms with van der Waals surface area (Å²) >= 11 is 0. The van der Waals surface area contributed by atoms with Crippen molar-refractivity contribution in [2.24, 2.45) is 13.0 Å². The predicted molar refractivity (Wildman–Crippen MR) is 53.8 cm³/mol. The summed E-state index contributed by atoms with van der Waals surface area (Å²) in [7, 11) is 1.92. The maximum Gasteiger partial charge on any atom is 0.137 e. The predicted octanol–water partition coefficient (Wildman–Crippen LogP) is 0.453. The van der Waals surface area contributed by atoms with Crippen LogP contribution >= 0.6 is 0 Å². The summed E-state index contributed by atoms with van der Waals surface area (Å²) in [6.07, 6.45) is 5.28. The van der Waals surface area contributed by atoms with Crippen molar-refractivity contribution >= 4 is 0 Å². The Morgan fingerprint density at radius 1 is 1.57 bits per heavy atom. The van der Waals surface area contributed by atoms with E-state index in [1.807, 2.05) is 17.8 Å². The van der Waals surface area contributed by atoms with Crippen LogP contribution in [0.3, 0.4) is 0 Å². The monoisotopic (exact) mass is 195 g/mol. The molecular formula is C10H17N3O. The molecule has 2 heterocycles. The van der Waals surface area contributed by atoms with Crippen LogP contribution in [0.25, 0.3) is 0 Å². The Morgan fingerprint density at radius 3 is 2.86 bits per heavy atom. The van der Waals surface area contributed by atoms with Crippen molar-refractivity contribution in [1.82, 2.24) is 14.9 Å². The molecule has 1 saturated heterocycles.